The number of carbonyl (C=O) groups is 1. The summed E-state index contributed by atoms with van der Waals surface area (Å²) in [5.74, 6) is -0.309. The molecule has 0 unspecified atom stereocenters. The topological polar surface area (TPSA) is 44.1 Å². The highest BCUT2D eigenvalue weighted by Crippen LogP contribution is 2.31. The summed E-state index contributed by atoms with van der Waals surface area (Å²) >= 11 is 3.50. The molecule has 0 N–H and O–H groups in total. The number of halogens is 1. The van der Waals surface area contributed by atoms with Gasteiger partial charge in [0, 0.05) is 12.6 Å². The third-order valence-electron chi connectivity index (χ3n) is 3.13. The van der Waals surface area contributed by atoms with Gasteiger partial charge in [0.05, 0.1) is 29.0 Å². The van der Waals surface area contributed by atoms with Crippen LogP contribution in [0.25, 0.3) is 11.3 Å². The molecule has 100 valence electrons. The minimum atomic E-state index is -0.309. The van der Waals surface area contributed by atoms with Crippen LogP contribution in [0.3, 0.4) is 0 Å². The number of methoxy groups -OCH3 is 1. The van der Waals surface area contributed by atoms with Crippen LogP contribution in [0.1, 0.15) is 21.5 Å². The smallest absolute Gasteiger partial charge is 0.338 e. The van der Waals surface area contributed by atoms with Crippen molar-refractivity contribution >= 4 is 21.9 Å². The van der Waals surface area contributed by atoms with Crippen molar-refractivity contribution in [3.63, 3.8) is 0 Å². The van der Waals surface area contributed by atoms with Crippen LogP contribution in [0.4, 0.5) is 0 Å². The molecule has 0 radical (unpaired) electrons. The van der Waals surface area contributed by atoms with E-state index in [4.69, 9.17) is 4.74 Å². The molecule has 1 aromatic carbocycles. The quantitative estimate of drug-likeness (QED) is 0.797. The number of aromatic nitrogens is 2. The van der Waals surface area contributed by atoms with Crippen molar-refractivity contribution in [3.8, 4) is 11.3 Å². The molecule has 0 atom stereocenters. The lowest BCUT2D eigenvalue weighted by Crippen LogP contribution is -2.05. The van der Waals surface area contributed by atoms with E-state index >= 15 is 0 Å². The number of esters is 1. The molecule has 0 saturated heterocycles. The Hall–Kier alpha value is -1.62. The normalized spacial score (nSPS) is 10.6. The van der Waals surface area contributed by atoms with E-state index in [-0.39, 0.29) is 5.97 Å². The Morgan fingerprint density at radius 3 is 2.53 bits per heavy atom. The van der Waals surface area contributed by atoms with Gasteiger partial charge in [0.1, 0.15) is 0 Å². The van der Waals surface area contributed by atoms with Crippen molar-refractivity contribution in [3.05, 3.63) is 39.5 Å². The number of rotatable bonds is 2. The first-order valence-corrected chi connectivity index (χ1v) is 6.62. The average molecular weight is 323 g/mol. The maximum Gasteiger partial charge on any atom is 0.338 e. The zero-order valence-electron chi connectivity index (χ0n) is 11.3. The second-order valence-electron chi connectivity index (χ2n) is 4.44. The zero-order chi connectivity index (χ0) is 14.2. The molecule has 1 heterocycles. The van der Waals surface area contributed by atoms with Crippen molar-refractivity contribution in [2.75, 3.05) is 7.11 Å². The first kappa shape index (κ1) is 13.8. The van der Waals surface area contributed by atoms with E-state index in [0.717, 1.165) is 26.9 Å². The predicted molar refractivity (Wildman–Crippen MR) is 77.2 cm³/mol. The van der Waals surface area contributed by atoms with Gasteiger partial charge in [-0.05, 0) is 53.0 Å². The van der Waals surface area contributed by atoms with Crippen LogP contribution in [0.2, 0.25) is 0 Å². The van der Waals surface area contributed by atoms with Crippen molar-refractivity contribution in [2.24, 2.45) is 7.05 Å². The van der Waals surface area contributed by atoms with Crippen LogP contribution in [-0.2, 0) is 11.8 Å². The van der Waals surface area contributed by atoms with Crippen molar-refractivity contribution in [1.82, 2.24) is 9.78 Å². The molecular formula is C14H15BrN2O2. The maximum atomic E-state index is 11.7. The lowest BCUT2D eigenvalue weighted by Gasteiger charge is -2.12. The fourth-order valence-electron chi connectivity index (χ4n) is 2.11. The van der Waals surface area contributed by atoms with Crippen LogP contribution in [0, 0.1) is 13.8 Å². The summed E-state index contributed by atoms with van der Waals surface area (Å²) in [4.78, 5) is 11.7. The van der Waals surface area contributed by atoms with E-state index in [0.29, 0.717) is 5.56 Å². The first-order valence-electron chi connectivity index (χ1n) is 5.83. The Kier molecular flexibility index (Phi) is 3.75. The van der Waals surface area contributed by atoms with Crippen LogP contribution in [0.15, 0.2) is 22.8 Å². The van der Waals surface area contributed by atoms with E-state index in [1.807, 2.05) is 37.7 Å². The second-order valence-corrected chi connectivity index (χ2v) is 5.29. The molecule has 0 amide bonds. The molecule has 2 rings (SSSR count). The van der Waals surface area contributed by atoms with Gasteiger partial charge in [-0.15, -0.1) is 0 Å². The number of carbonyl (C=O) groups excluding carboxylic acids is 1. The van der Waals surface area contributed by atoms with Gasteiger partial charge in [-0.1, -0.05) is 0 Å². The largest absolute Gasteiger partial charge is 0.465 e. The van der Waals surface area contributed by atoms with E-state index in [1.54, 1.807) is 6.20 Å². The first-order chi connectivity index (χ1) is 8.95. The molecule has 0 fully saturated rings. The van der Waals surface area contributed by atoms with Crippen LogP contribution in [0.5, 0.6) is 0 Å². The SMILES string of the molecule is COC(=O)c1cc(C)c(-c2c(Br)cnn2C)cc1C. The van der Waals surface area contributed by atoms with Gasteiger partial charge in [0.2, 0.25) is 0 Å². The van der Waals surface area contributed by atoms with Crippen LogP contribution in [-0.4, -0.2) is 22.9 Å². The maximum absolute atomic E-state index is 11.7. The Morgan fingerprint density at radius 2 is 2.00 bits per heavy atom. The minimum Gasteiger partial charge on any atom is -0.465 e. The average Bonchev–Trinajstić information content (AvgIpc) is 2.71. The fourth-order valence-corrected chi connectivity index (χ4v) is 2.68. The molecule has 4 nitrogen and oxygen atoms in total. The number of hydrogen-bond donors (Lipinski definition) is 0. The number of benzene rings is 1. The highest BCUT2D eigenvalue weighted by Gasteiger charge is 2.16. The highest BCUT2D eigenvalue weighted by molar-refractivity contribution is 9.10. The van der Waals surface area contributed by atoms with Crippen molar-refractivity contribution in [1.29, 1.82) is 0 Å². The summed E-state index contributed by atoms with van der Waals surface area (Å²) in [6, 6.07) is 3.85. The lowest BCUT2D eigenvalue weighted by molar-refractivity contribution is 0.0600. The van der Waals surface area contributed by atoms with E-state index in [2.05, 4.69) is 21.0 Å². The van der Waals surface area contributed by atoms with Crippen LogP contribution < -0.4 is 0 Å². The number of nitrogens with zero attached hydrogens (tertiary/aromatic N) is 2. The molecule has 0 aliphatic rings. The predicted octanol–water partition coefficient (Wildman–Crippen LogP) is 3.25. The monoisotopic (exact) mass is 322 g/mol. The molecular weight excluding hydrogens is 308 g/mol. The van der Waals surface area contributed by atoms with Gasteiger partial charge in [0.15, 0.2) is 0 Å². The Labute approximate surface area is 120 Å². The molecule has 19 heavy (non-hydrogen) atoms. The summed E-state index contributed by atoms with van der Waals surface area (Å²) in [7, 11) is 3.28. The van der Waals surface area contributed by atoms with Crippen molar-refractivity contribution < 1.29 is 9.53 Å². The second kappa shape index (κ2) is 5.17. The molecule has 2 aromatic rings. The zero-order valence-corrected chi connectivity index (χ0v) is 12.9. The Bertz CT molecular complexity index is 628. The van der Waals surface area contributed by atoms with E-state index in [9.17, 15) is 4.79 Å². The van der Waals surface area contributed by atoms with Crippen LogP contribution >= 0.6 is 15.9 Å². The number of hydrogen-bond acceptors (Lipinski definition) is 3. The third-order valence-corrected chi connectivity index (χ3v) is 3.71. The molecule has 0 aliphatic heterocycles. The van der Waals surface area contributed by atoms with Gasteiger partial charge in [-0.25, -0.2) is 4.79 Å². The lowest BCUT2D eigenvalue weighted by atomic mass is 9.98. The number of aryl methyl sites for hydroxylation is 3. The summed E-state index contributed by atoms with van der Waals surface area (Å²) in [6.07, 6.45) is 1.76. The molecule has 0 saturated carbocycles. The highest BCUT2D eigenvalue weighted by atomic mass is 79.9. The van der Waals surface area contributed by atoms with E-state index in [1.165, 1.54) is 7.11 Å². The molecule has 5 heteroatoms. The van der Waals surface area contributed by atoms with Gasteiger partial charge in [-0.2, -0.15) is 5.10 Å². The fraction of sp³-hybridized carbons (Fsp3) is 0.286. The third kappa shape index (κ3) is 2.42. The summed E-state index contributed by atoms with van der Waals surface area (Å²) in [5, 5.41) is 4.22. The van der Waals surface area contributed by atoms with Gasteiger partial charge >= 0.3 is 5.97 Å². The van der Waals surface area contributed by atoms with E-state index < -0.39 is 0 Å². The Balaban J connectivity index is 2.62. The van der Waals surface area contributed by atoms with Gasteiger partial charge < -0.3 is 4.74 Å². The molecule has 0 spiro atoms. The van der Waals surface area contributed by atoms with Crippen molar-refractivity contribution in [2.45, 2.75) is 13.8 Å². The molecule has 0 bridgehead atoms. The standard InChI is InChI=1S/C14H15BrN2O2/c1-8-6-11(14(18)19-4)9(2)5-10(8)13-12(15)7-16-17(13)3/h5-7H,1-4H3. The van der Waals surface area contributed by atoms with Gasteiger partial charge in [-0.3, -0.25) is 4.68 Å². The Morgan fingerprint density at radius 1 is 1.32 bits per heavy atom. The minimum absolute atomic E-state index is 0.309. The summed E-state index contributed by atoms with van der Waals surface area (Å²) in [6.45, 7) is 3.88. The molecule has 0 aliphatic carbocycles. The summed E-state index contributed by atoms with van der Waals surface area (Å²) in [5.41, 5.74) is 4.55. The van der Waals surface area contributed by atoms with Gasteiger partial charge in [0.25, 0.3) is 0 Å². The number of ether oxygens (including phenoxy) is 1. The molecule has 1 aromatic heterocycles. The summed E-state index contributed by atoms with van der Waals surface area (Å²) < 4.78 is 7.53.